The summed E-state index contributed by atoms with van der Waals surface area (Å²) < 4.78 is 0. The molecule has 4 amide bonds. The highest BCUT2D eigenvalue weighted by Gasteiger charge is 2.14. The van der Waals surface area contributed by atoms with Gasteiger partial charge in [-0.1, -0.05) is 40.9 Å². The number of amides is 4. The van der Waals surface area contributed by atoms with E-state index in [0.29, 0.717) is 21.4 Å². The second kappa shape index (κ2) is 10.2. The summed E-state index contributed by atoms with van der Waals surface area (Å²) in [6, 6.07) is 9.67. The number of carbonyl (C=O) groups is 3. The van der Waals surface area contributed by atoms with Crippen LogP contribution in [-0.2, 0) is 9.59 Å². The average Bonchev–Trinajstić information content (AvgIpc) is 2.60. The van der Waals surface area contributed by atoms with E-state index in [1.807, 2.05) is 26.0 Å². The Morgan fingerprint density at radius 1 is 0.897 bits per heavy atom. The van der Waals surface area contributed by atoms with E-state index in [9.17, 15) is 14.4 Å². The van der Waals surface area contributed by atoms with E-state index in [1.165, 1.54) is 11.0 Å². The van der Waals surface area contributed by atoms with Gasteiger partial charge in [0.05, 0.1) is 23.1 Å². The first-order valence-corrected chi connectivity index (χ1v) is 9.51. The number of urea groups is 1. The summed E-state index contributed by atoms with van der Waals surface area (Å²) in [5.41, 5.74) is 3.08. The molecule has 0 aromatic heterocycles. The van der Waals surface area contributed by atoms with Crippen molar-refractivity contribution >= 4 is 52.4 Å². The highest BCUT2D eigenvalue weighted by atomic mass is 35.5. The molecule has 0 saturated carbocycles. The molecule has 0 spiro atoms. The Morgan fingerprint density at radius 2 is 1.59 bits per heavy atom. The number of rotatable bonds is 6. The van der Waals surface area contributed by atoms with Crippen LogP contribution in [0.15, 0.2) is 36.4 Å². The summed E-state index contributed by atoms with van der Waals surface area (Å²) in [5.74, 6) is -0.865. The van der Waals surface area contributed by atoms with E-state index in [-0.39, 0.29) is 19.0 Å². The SMILES string of the molecule is Cc1ccc(NC(=O)NC(=O)CN(C)CC(=O)Nc2ccc(Cl)c(Cl)c2)c(C)c1. The number of nitrogens with one attached hydrogen (secondary N) is 3. The van der Waals surface area contributed by atoms with Gasteiger partial charge in [-0.3, -0.25) is 19.8 Å². The minimum atomic E-state index is -0.629. The first-order chi connectivity index (χ1) is 13.6. The molecule has 0 saturated heterocycles. The van der Waals surface area contributed by atoms with Gasteiger partial charge in [0.1, 0.15) is 0 Å². The minimum absolute atomic E-state index is 0.0493. The molecule has 0 aliphatic rings. The maximum Gasteiger partial charge on any atom is 0.325 e. The summed E-state index contributed by atoms with van der Waals surface area (Å²) in [7, 11) is 1.59. The van der Waals surface area contributed by atoms with E-state index < -0.39 is 11.9 Å². The molecule has 0 fully saturated rings. The standard InChI is InChI=1S/C20H22Cl2N4O3/c1-12-4-7-17(13(2)8-12)24-20(29)25-19(28)11-26(3)10-18(27)23-14-5-6-15(21)16(22)9-14/h4-9H,10-11H2,1-3H3,(H,23,27)(H2,24,25,28,29). The molecule has 3 N–H and O–H groups in total. The lowest BCUT2D eigenvalue weighted by atomic mass is 10.1. The topological polar surface area (TPSA) is 90.5 Å². The maximum absolute atomic E-state index is 12.1. The molecule has 2 aromatic rings. The third-order valence-electron chi connectivity index (χ3n) is 3.91. The van der Waals surface area contributed by atoms with Gasteiger partial charge < -0.3 is 10.6 Å². The van der Waals surface area contributed by atoms with Crippen LogP contribution in [0.4, 0.5) is 16.2 Å². The third kappa shape index (κ3) is 7.38. The van der Waals surface area contributed by atoms with Gasteiger partial charge in [0.25, 0.3) is 0 Å². The molecular weight excluding hydrogens is 415 g/mol. The Bertz CT molecular complexity index is 934. The lowest BCUT2D eigenvalue weighted by molar-refractivity contribution is -0.121. The van der Waals surface area contributed by atoms with Crippen LogP contribution in [0.2, 0.25) is 10.0 Å². The predicted octanol–water partition coefficient (Wildman–Crippen LogP) is 3.83. The molecule has 0 aliphatic carbocycles. The van der Waals surface area contributed by atoms with Crippen LogP contribution < -0.4 is 16.0 Å². The molecule has 0 aliphatic heterocycles. The lowest BCUT2D eigenvalue weighted by Crippen LogP contribution is -2.42. The zero-order valence-corrected chi connectivity index (χ0v) is 17.8. The summed E-state index contributed by atoms with van der Waals surface area (Å²) in [4.78, 5) is 37.6. The van der Waals surface area contributed by atoms with E-state index in [1.54, 1.807) is 25.2 Å². The van der Waals surface area contributed by atoms with Crippen molar-refractivity contribution in [1.82, 2.24) is 10.2 Å². The number of nitrogens with zero attached hydrogens (tertiary/aromatic N) is 1. The van der Waals surface area contributed by atoms with Crippen LogP contribution >= 0.6 is 23.2 Å². The molecular formula is C20H22Cl2N4O3. The fourth-order valence-electron chi connectivity index (χ4n) is 2.59. The Balaban J connectivity index is 1.79. The molecule has 0 bridgehead atoms. The smallest absolute Gasteiger partial charge is 0.325 e. The van der Waals surface area contributed by atoms with Crippen molar-refractivity contribution in [3.05, 3.63) is 57.6 Å². The first-order valence-electron chi connectivity index (χ1n) is 8.75. The molecule has 9 heteroatoms. The van der Waals surface area contributed by atoms with Gasteiger partial charge in [-0.2, -0.15) is 0 Å². The van der Waals surface area contributed by atoms with Crippen molar-refractivity contribution in [3.8, 4) is 0 Å². The van der Waals surface area contributed by atoms with Gasteiger partial charge in [0.15, 0.2) is 0 Å². The second-order valence-electron chi connectivity index (χ2n) is 6.67. The molecule has 7 nitrogen and oxygen atoms in total. The van der Waals surface area contributed by atoms with E-state index in [0.717, 1.165) is 11.1 Å². The number of aryl methyl sites for hydroxylation is 2. The zero-order valence-electron chi connectivity index (χ0n) is 16.3. The first kappa shape index (κ1) is 22.7. The molecule has 154 valence electrons. The van der Waals surface area contributed by atoms with Gasteiger partial charge in [-0.25, -0.2) is 4.79 Å². The summed E-state index contributed by atoms with van der Waals surface area (Å²) in [6.45, 7) is 3.64. The third-order valence-corrected chi connectivity index (χ3v) is 4.65. The van der Waals surface area contributed by atoms with Crippen LogP contribution in [0.25, 0.3) is 0 Å². The van der Waals surface area contributed by atoms with Gasteiger partial charge in [0, 0.05) is 11.4 Å². The fourth-order valence-corrected chi connectivity index (χ4v) is 2.89. The quantitative estimate of drug-likeness (QED) is 0.641. The Morgan fingerprint density at radius 3 is 2.24 bits per heavy atom. The van der Waals surface area contributed by atoms with Crippen LogP contribution in [0.1, 0.15) is 11.1 Å². The number of likely N-dealkylation sites (N-methyl/N-ethyl adjacent to an activating group) is 1. The Hall–Kier alpha value is -2.61. The molecule has 29 heavy (non-hydrogen) atoms. The molecule has 0 unspecified atom stereocenters. The molecule has 0 radical (unpaired) electrons. The predicted molar refractivity (Wildman–Crippen MR) is 116 cm³/mol. The molecule has 0 heterocycles. The normalized spacial score (nSPS) is 10.6. The van der Waals surface area contributed by atoms with Gasteiger partial charge in [0.2, 0.25) is 11.8 Å². The van der Waals surface area contributed by atoms with Crippen LogP contribution in [-0.4, -0.2) is 42.9 Å². The van der Waals surface area contributed by atoms with Crippen LogP contribution in [0.5, 0.6) is 0 Å². The van der Waals surface area contributed by atoms with Gasteiger partial charge >= 0.3 is 6.03 Å². The second-order valence-corrected chi connectivity index (χ2v) is 7.48. The summed E-state index contributed by atoms with van der Waals surface area (Å²) in [6.07, 6.45) is 0. The summed E-state index contributed by atoms with van der Waals surface area (Å²) >= 11 is 11.7. The largest absolute Gasteiger partial charge is 0.325 e. The number of imide groups is 1. The number of carbonyl (C=O) groups excluding carboxylic acids is 3. The number of hydrogen-bond acceptors (Lipinski definition) is 4. The molecule has 0 atom stereocenters. The van der Waals surface area contributed by atoms with E-state index in [2.05, 4.69) is 16.0 Å². The average molecular weight is 437 g/mol. The van der Waals surface area contributed by atoms with Crippen molar-refractivity contribution in [3.63, 3.8) is 0 Å². The van der Waals surface area contributed by atoms with Crippen LogP contribution in [0.3, 0.4) is 0 Å². The molecule has 2 rings (SSSR count). The fraction of sp³-hybridized carbons (Fsp3) is 0.250. The minimum Gasteiger partial charge on any atom is -0.325 e. The number of hydrogen-bond donors (Lipinski definition) is 3. The van der Waals surface area contributed by atoms with E-state index in [4.69, 9.17) is 23.2 Å². The van der Waals surface area contributed by atoms with E-state index >= 15 is 0 Å². The van der Waals surface area contributed by atoms with Crippen molar-refractivity contribution in [1.29, 1.82) is 0 Å². The van der Waals surface area contributed by atoms with Crippen molar-refractivity contribution in [2.24, 2.45) is 0 Å². The Labute approximate surface area is 179 Å². The monoisotopic (exact) mass is 436 g/mol. The van der Waals surface area contributed by atoms with Crippen LogP contribution in [0, 0.1) is 13.8 Å². The maximum atomic E-state index is 12.1. The highest BCUT2D eigenvalue weighted by Crippen LogP contribution is 2.24. The summed E-state index contributed by atoms with van der Waals surface area (Å²) in [5, 5.41) is 8.25. The number of benzene rings is 2. The number of anilines is 2. The van der Waals surface area contributed by atoms with Gasteiger partial charge in [-0.15, -0.1) is 0 Å². The zero-order chi connectivity index (χ0) is 21.6. The molecule has 2 aromatic carbocycles. The number of halogens is 2. The Kier molecular flexibility index (Phi) is 8.01. The highest BCUT2D eigenvalue weighted by molar-refractivity contribution is 6.42. The lowest BCUT2D eigenvalue weighted by Gasteiger charge is -2.16. The van der Waals surface area contributed by atoms with Gasteiger partial charge in [-0.05, 0) is 50.7 Å². The van der Waals surface area contributed by atoms with Crippen molar-refractivity contribution < 1.29 is 14.4 Å². The van der Waals surface area contributed by atoms with Crippen molar-refractivity contribution in [2.45, 2.75) is 13.8 Å². The van der Waals surface area contributed by atoms with Crippen molar-refractivity contribution in [2.75, 3.05) is 30.8 Å².